The summed E-state index contributed by atoms with van der Waals surface area (Å²) in [6.07, 6.45) is 1.54. The molecule has 1 aromatic rings. The van der Waals surface area contributed by atoms with Gasteiger partial charge in [-0.2, -0.15) is 5.10 Å². The van der Waals surface area contributed by atoms with Crippen LogP contribution in [-0.4, -0.2) is 20.8 Å². The van der Waals surface area contributed by atoms with Crippen LogP contribution in [0.15, 0.2) is 4.79 Å². The first kappa shape index (κ1) is 11.3. The minimum atomic E-state index is -2.54. The van der Waals surface area contributed by atoms with Crippen molar-refractivity contribution in [3.05, 3.63) is 16.3 Å². The van der Waals surface area contributed by atoms with Gasteiger partial charge in [-0.3, -0.25) is 4.57 Å². The van der Waals surface area contributed by atoms with Crippen LogP contribution in [0.2, 0.25) is 0 Å². The van der Waals surface area contributed by atoms with Gasteiger partial charge in [-0.25, -0.2) is 18.3 Å². The molecule has 6 heteroatoms. The Morgan fingerprint density at radius 1 is 1.44 bits per heavy atom. The first-order chi connectivity index (χ1) is 7.59. The van der Waals surface area contributed by atoms with E-state index in [2.05, 4.69) is 5.10 Å². The van der Waals surface area contributed by atoms with Crippen LogP contribution in [-0.2, 0) is 6.54 Å². The minimum absolute atomic E-state index is 0.152. The number of nitrogens with zero attached hydrogens (tertiary/aromatic N) is 3. The van der Waals surface area contributed by atoms with Crippen LogP contribution in [0.1, 0.15) is 37.5 Å². The minimum Gasteiger partial charge on any atom is -0.276 e. The number of aromatic nitrogens is 3. The molecule has 90 valence electrons. The zero-order chi connectivity index (χ0) is 11.7. The van der Waals surface area contributed by atoms with E-state index >= 15 is 0 Å². The lowest BCUT2D eigenvalue weighted by molar-refractivity contribution is 0.120. The molecular weight excluding hydrogens is 216 g/mol. The molecule has 0 atom stereocenters. The number of halogens is 2. The molecule has 0 saturated heterocycles. The number of hydrogen-bond acceptors (Lipinski definition) is 2. The van der Waals surface area contributed by atoms with Crippen molar-refractivity contribution in [1.82, 2.24) is 14.3 Å². The molecule has 0 N–H and O–H groups in total. The van der Waals surface area contributed by atoms with Gasteiger partial charge >= 0.3 is 5.69 Å². The monoisotopic (exact) mass is 231 g/mol. The highest BCUT2D eigenvalue weighted by Gasteiger charge is 2.23. The summed E-state index contributed by atoms with van der Waals surface area (Å²) in [7, 11) is 0. The summed E-state index contributed by atoms with van der Waals surface area (Å²) in [6.45, 7) is 1.08. The maximum absolute atomic E-state index is 12.2. The van der Waals surface area contributed by atoms with Crippen molar-refractivity contribution >= 4 is 0 Å². The Morgan fingerprint density at radius 3 is 2.62 bits per heavy atom. The van der Waals surface area contributed by atoms with Gasteiger partial charge in [-0.15, -0.1) is 0 Å². The molecule has 1 aliphatic carbocycles. The van der Waals surface area contributed by atoms with Gasteiger partial charge in [-0.05, 0) is 19.8 Å². The molecule has 0 bridgehead atoms. The van der Waals surface area contributed by atoms with Crippen LogP contribution in [0.4, 0.5) is 8.78 Å². The van der Waals surface area contributed by atoms with Crippen molar-refractivity contribution in [3.63, 3.8) is 0 Å². The van der Waals surface area contributed by atoms with Crippen LogP contribution in [0.5, 0.6) is 0 Å². The quantitative estimate of drug-likeness (QED) is 0.794. The van der Waals surface area contributed by atoms with Crippen molar-refractivity contribution in [2.45, 2.75) is 51.6 Å². The summed E-state index contributed by atoms with van der Waals surface area (Å²) in [5.41, 5.74) is -0.398. The van der Waals surface area contributed by atoms with E-state index in [0.717, 1.165) is 30.4 Å². The third-order valence-electron chi connectivity index (χ3n) is 3.04. The van der Waals surface area contributed by atoms with Crippen LogP contribution < -0.4 is 5.69 Å². The maximum atomic E-state index is 12.2. The largest absolute Gasteiger partial charge is 0.346 e. The van der Waals surface area contributed by atoms with Crippen molar-refractivity contribution < 1.29 is 8.78 Å². The smallest absolute Gasteiger partial charge is 0.276 e. The second-order valence-electron chi connectivity index (χ2n) is 4.21. The fourth-order valence-electron chi connectivity index (χ4n) is 2.36. The molecule has 1 saturated carbocycles. The molecule has 1 aromatic heterocycles. The average molecular weight is 231 g/mol. The van der Waals surface area contributed by atoms with E-state index in [-0.39, 0.29) is 6.04 Å². The van der Waals surface area contributed by atoms with Crippen molar-refractivity contribution in [1.29, 1.82) is 0 Å². The van der Waals surface area contributed by atoms with E-state index in [1.54, 1.807) is 11.5 Å². The second-order valence-corrected chi connectivity index (χ2v) is 4.21. The van der Waals surface area contributed by atoms with Gasteiger partial charge in [0.15, 0.2) is 0 Å². The summed E-state index contributed by atoms with van der Waals surface area (Å²) in [5, 5.41) is 3.88. The third kappa shape index (κ3) is 2.01. The normalized spacial score (nSPS) is 17.5. The fraction of sp³-hybridized carbons (Fsp3) is 0.800. The standard InChI is InChI=1S/C10H15F2N3O/c1-7-13-14(6-9(11)12)10(16)15(7)8-4-2-3-5-8/h8-9H,2-6H2,1H3. The van der Waals surface area contributed by atoms with E-state index in [9.17, 15) is 13.6 Å². The van der Waals surface area contributed by atoms with Crippen molar-refractivity contribution in [3.8, 4) is 0 Å². The van der Waals surface area contributed by atoms with Crippen LogP contribution in [0.25, 0.3) is 0 Å². The summed E-state index contributed by atoms with van der Waals surface area (Å²) < 4.78 is 26.9. The summed E-state index contributed by atoms with van der Waals surface area (Å²) >= 11 is 0. The Labute approximate surface area is 91.9 Å². The molecule has 1 aliphatic rings. The first-order valence-corrected chi connectivity index (χ1v) is 5.53. The van der Waals surface area contributed by atoms with Gasteiger partial charge in [-0.1, -0.05) is 12.8 Å². The summed E-state index contributed by atoms with van der Waals surface area (Å²) in [4.78, 5) is 11.8. The highest BCUT2D eigenvalue weighted by Crippen LogP contribution is 2.28. The molecule has 0 amide bonds. The molecule has 16 heavy (non-hydrogen) atoms. The van der Waals surface area contributed by atoms with Crippen LogP contribution in [0, 0.1) is 6.92 Å². The van der Waals surface area contributed by atoms with Crippen LogP contribution >= 0.6 is 0 Å². The number of hydrogen-bond donors (Lipinski definition) is 0. The molecular formula is C10H15F2N3O. The van der Waals surface area contributed by atoms with E-state index in [1.165, 1.54) is 0 Å². The number of aryl methyl sites for hydroxylation is 1. The highest BCUT2D eigenvalue weighted by atomic mass is 19.3. The Balaban J connectivity index is 2.31. The summed E-state index contributed by atoms with van der Waals surface area (Å²) in [6, 6.07) is 0.152. The lowest BCUT2D eigenvalue weighted by Crippen LogP contribution is -2.29. The predicted molar refractivity (Wildman–Crippen MR) is 54.7 cm³/mol. The second kappa shape index (κ2) is 4.35. The Hall–Kier alpha value is -1.20. The van der Waals surface area contributed by atoms with Crippen molar-refractivity contribution in [2.75, 3.05) is 0 Å². The van der Waals surface area contributed by atoms with Gasteiger partial charge in [0.1, 0.15) is 12.4 Å². The number of rotatable bonds is 3. The van der Waals surface area contributed by atoms with Gasteiger partial charge < -0.3 is 0 Å². The van der Waals surface area contributed by atoms with E-state index < -0.39 is 18.7 Å². The van der Waals surface area contributed by atoms with Gasteiger partial charge in [0.05, 0.1) is 0 Å². The van der Waals surface area contributed by atoms with Gasteiger partial charge in [0.25, 0.3) is 6.43 Å². The number of alkyl halides is 2. The molecule has 0 aliphatic heterocycles. The van der Waals surface area contributed by atoms with E-state index in [0.29, 0.717) is 5.82 Å². The lowest BCUT2D eigenvalue weighted by atomic mass is 10.2. The first-order valence-electron chi connectivity index (χ1n) is 5.53. The summed E-state index contributed by atoms with van der Waals surface area (Å²) in [5.74, 6) is 0.539. The van der Waals surface area contributed by atoms with Gasteiger partial charge in [0, 0.05) is 6.04 Å². The van der Waals surface area contributed by atoms with Crippen molar-refractivity contribution in [2.24, 2.45) is 0 Å². The molecule has 0 aromatic carbocycles. The molecule has 2 rings (SSSR count). The Bertz CT molecular complexity index is 418. The molecule has 0 radical (unpaired) electrons. The van der Waals surface area contributed by atoms with E-state index in [4.69, 9.17) is 0 Å². The molecule has 1 fully saturated rings. The van der Waals surface area contributed by atoms with Crippen LogP contribution in [0.3, 0.4) is 0 Å². The highest BCUT2D eigenvalue weighted by molar-refractivity contribution is 4.90. The Morgan fingerprint density at radius 2 is 2.06 bits per heavy atom. The average Bonchev–Trinajstić information content (AvgIpc) is 2.76. The third-order valence-corrected chi connectivity index (χ3v) is 3.04. The predicted octanol–water partition coefficient (Wildman–Crippen LogP) is 1.73. The topological polar surface area (TPSA) is 39.8 Å². The molecule has 4 nitrogen and oxygen atoms in total. The molecule has 0 spiro atoms. The lowest BCUT2D eigenvalue weighted by Gasteiger charge is -2.10. The molecule has 1 heterocycles. The fourth-order valence-corrected chi connectivity index (χ4v) is 2.36. The SMILES string of the molecule is Cc1nn(CC(F)F)c(=O)n1C1CCCC1. The zero-order valence-corrected chi connectivity index (χ0v) is 9.20. The maximum Gasteiger partial charge on any atom is 0.346 e. The van der Waals surface area contributed by atoms with E-state index in [1.807, 2.05) is 0 Å². The van der Waals surface area contributed by atoms with Gasteiger partial charge in [0.2, 0.25) is 0 Å². The molecule has 0 unspecified atom stereocenters. The Kier molecular flexibility index (Phi) is 3.07. The zero-order valence-electron chi connectivity index (χ0n) is 9.20.